The van der Waals surface area contributed by atoms with E-state index in [0.29, 0.717) is 50.6 Å². The van der Waals surface area contributed by atoms with Crippen molar-refractivity contribution >= 4 is 79.7 Å². The Balaban J connectivity index is 0.000000934. The van der Waals surface area contributed by atoms with Gasteiger partial charge < -0.3 is 24.7 Å². The minimum Gasteiger partial charge on any atom is -0.469 e. The van der Waals surface area contributed by atoms with E-state index in [1.165, 1.54) is 7.11 Å². The predicted octanol–water partition coefficient (Wildman–Crippen LogP) is 5.07. The molecule has 4 rings (SSSR count). The maximum Gasteiger partial charge on any atom is 0.309 e. The quantitative estimate of drug-likeness (QED) is 0.121. The lowest BCUT2D eigenvalue weighted by molar-refractivity contribution is -0.139. The number of rotatable bonds is 13. The summed E-state index contributed by atoms with van der Waals surface area (Å²) in [5.41, 5.74) is 10.4. The summed E-state index contributed by atoms with van der Waals surface area (Å²) in [6, 6.07) is 15.4. The Bertz CT molecular complexity index is 1560. The molecule has 4 aromatic rings. The van der Waals surface area contributed by atoms with E-state index in [-0.39, 0.29) is 30.1 Å². The monoisotopic (exact) mass is 649 g/mol. The topological polar surface area (TPSA) is 130 Å². The second kappa shape index (κ2) is 17.0. The molecule has 0 fully saturated rings. The second-order valence-electron chi connectivity index (χ2n) is 9.39. The van der Waals surface area contributed by atoms with Crippen molar-refractivity contribution in [3.05, 3.63) is 65.5 Å². The highest BCUT2D eigenvalue weighted by molar-refractivity contribution is 6.67. The van der Waals surface area contributed by atoms with Crippen molar-refractivity contribution in [2.75, 3.05) is 37.8 Å². The number of nitrogen functional groups attached to an aromatic ring is 1. The molecule has 2 heterocycles. The lowest BCUT2D eigenvalue weighted by atomic mass is 10.1. The Morgan fingerprint density at radius 2 is 1.74 bits per heavy atom. The molecule has 0 aliphatic carbocycles. The fourth-order valence-electron chi connectivity index (χ4n) is 4.54. The molecule has 2 aromatic heterocycles. The van der Waals surface area contributed by atoms with Gasteiger partial charge in [0.15, 0.2) is 5.82 Å². The number of halogens is 3. The summed E-state index contributed by atoms with van der Waals surface area (Å²) in [4.78, 5) is 44.9. The summed E-state index contributed by atoms with van der Waals surface area (Å²) >= 11 is 15.5. The number of carbonyl (C=O) groups excluding carboxylic acids is 3. The Kier molecular flexibility index (Phi) is 13.5. The van der Waals surface area contributed by atoms with Gasteiger partial charge in [0.1, 0.15) is 23.8 Å². The van der Waals surface area contributed by atoms with Crippen molar-refractivity contribution in [3.63, 3.8) is 0 Å². The normalized spacial score (nSPS) is 10.8. The van der Waals surface area contributed by atoms with Crippen molar-refractivity contribution in [3.8, 4) is 0 Å². The predicted molar refractivity (Wildman–Crippen MR) is 169 cm³/mol. The number of fused-ring (bicyclic) bond motifs is 3. The highest BCUT2D eigenvalue weighted by atomic mass is 35.5. The third-order valence-corrected chi connectivity index (χ3v) is 7.19. The van der Waals surface area contributed by atoms with E-state index in [2.05, 4.69) is 9.55 Å². The molecule has 13 heteroatoms. The van der Waals surface area contributed by atoms with Crippen LogP contribution in [0.1, 0.15) is 30.3 Å². The number of nitrogens with zero attached hydrogens (tertiary/aromatic N) is 4. The number of methoxy groups -OCH3 is 1. The molecular formula is C30H34Cl3N5O5. The van der Waals surface area contributed by atoms with E-state index in [1.54, 1.807) is 4.90 Å². The number of benzene rings is 2. The lowest BCUT2D eigenvalue weighted by Crippen LogP contribution is -2.33. The van der Waals surface area contributed by atoms with Crippen LogP contribution >= 0.6 is 34.8 Å². The van der Waals surface area contributed by atoms with Crippen LogP contribution in [0.25, 0.3) is 21.9 Å². The zero-order valence-electron chi connectivity index (χ0n) is 24.0. The minimum absolute atomic E-state index is 0.0957. The van der Waals surface area contributed by atoms with Crippen LogP contribution in [0, 0.1) is 0 Å². The molecule has 2 N–H and O–H groups in total. The van der Waals surface area contributed by atoms with Gasteiger partial charge in [-0.05, 0) is 42.1 Å². The molecule has 43 heavy (non-hydrogen) atoms. The summed E-state index contributed by atoms with van der Waals surface area (Å²) in [6.45, 7) is 4.31. The standard InChI is InChI=1S/C28H32ClN5O4.C2H2Cl2O/c1-3-38-18-23-32-26-27(21-10-4-5-11-22(21)31-28(26)30)34(23)13-7-12-33(24(35)16-29)17-20-9-6-8-19(14-20)15-25(36)37-2;3-1-2(4)5/h4-6,8-11,14H,3,7,12-13,15-18H2,1-2H3,(H2,30,31);1H2. The zero-order chi connectivity index (χ0) is 31.4. The van der Waals surface area contributed by atoms with Crippen LogP contribution in [-0.4, -0.2) is 68.6 Å². The first-order chi connectivity index (χ1) is 20.7. The van der Waals surface area contributed by atoms with Crippen molar-refractivity contribution in [1.82, 2.24) is 19.4 Å². The van der Waals surface area contributed by atoms with Gasteiger partial charge in [-0.2, -0.15) is 0 Å². The van der Waals surface area contributed by atoms with Gasteiger partial charge in [0.2, 0.25) is 11.1 Å². The van der Waals surface area contributed by atoms with Gasteiger partial charge in [0.25, 0.3) is 0 Å². The highest BCUT2D eigenvalue weighted by Crippen LogP contribution is 2.29. The Morgan fingerprint density at radius 3 is 2.42 bits per heavy atom. The van der Waals surface area contributed by atoms with E-state index >= 15 is 0 Å². The lowest BCUT2D eigenvalue weighted by Gasteiger charge is -2.23. The average molecular weight is 651 g/mol. The number of anilines is 1. The van der Waals surface area contributed by atoms with E-state index < -0.39 is 5.24 Å². The van der Waals surface area contributed by atoms with Crippen molar-refractivity contribution < 1.29 is 23.9 Å². The Hall–Kier alpha value is -3.44. The average Bonchev–Trinajstić information content (AvgIpc) is 3.38. The van der Waals surface area contributed by atoms with Crippen LogP contribution in [0.15, 0.2) is 48.5 Å². The van der Waals surface area contributed by atoms with Gasteiger partial charge >= 0.3 is 5.97 Å². The van der Waals surface area contributed by atoms with Gasteiger partial charge in [-0.3, -0.25) is 14.4 Å². The first-order valence-electron chi connectivity index (χ1n) is 13.6. The molecule has 0 spiro atoms. The molecule has 0 unspecified atom stereocenters. The molecule has 0 radical (unpaired) electrons. The number of ether oxygens (including phenoxy) is 2. The third kappa shape index (κ3) is 9.53. The smallest absolute Gasteiger partial charge is 0.309 e. The minimum atomic E-state index is -0.508. The van der Waals surface area contributed by atoms with Crippen LogP contribution in [0.3, 0.4) is 0 Å². The molecular weight excluding hydrogens is 617 g/mol. The molecule has 0 aliphatic rings. The molecule has 0 saturated heterocycles. The summed E-state index contributed by atoms with van der Waals surface area (Å²) in [6.07, 6.45) is 0.835. The summed E-state index contributed by atoms with van der Waals surface area (Å²) in [5, 5.41) is 0.453. The fourth-order valence-corrected chi connectivity index (χ4v) is 4.71. The second-order valence-corrected chi connectivity index (χ2v) is 10.3. The number of pyridine rings is 1. The van der Waals surface area contributed by atoms with Crippen LogP contribution in [-0.2, 0) is 50.0 Å². The molecule has 1 amide bonds. The molecule has 10 nitrogen and oxygen atoms in total. The van der Waals surface area contributed by atoms with Crippen LogP contribution in [0.5, 0.6) is 0 Å². The molecule has 0 bridgehead atoms. The van der Waals surface area contributed by atoms with Gasteiger partial charge in [0.05, 0.1) is 30.4 Å². The number of hydrogen-bond donors (Lipinski definition) is 1. The maximum absolute atomic E-state index is 12.7. The summed E-state index contributed by atoms with van der Waals surface area (Å²) < 4.78 is 12.6. The number of carbonyl (C=O) groups is 3. The number of imidazole rings is 1. The van der Waals surface area contributed by atoms with Gasteiger partial charge in [-0.15, -0.1) is 23.2 Å². The molecule has 2 aromatic carbocycles. The first-order valence-corrected chi connectivity index (χ1v) is 15.0. The number of esters is 1. The Labute approximate surface area is 265 Å². The number of nitrogens with two attached hydrogens (primary N) is 1. The molecule has 0 saturated carbocycles. The zero-order valence-corrected chi connectivity index (χ0v) is 26.3. The highest BCUT2D eigenvalue weighted by Gasteiger charge is 2.19. The van der Waals surface area contributed by atoms with Crippen LogP contribution in [0.4, 0.5) is 5.82 Å². The largest absolute Gasteiger partial charge is 0.469 e. The number of para-hydroxylation sites is 1. The van der Waals surface area contributed by atoms with Crippen molar-refractivity contribution in [1.29, 1.82) is 0 Å². The van der Waals surface area contributed by atoms with E-state index in [1.807, 2.05) is 55.5 Å². The molecule has 0 aliphatic heterocycles. The maximum atomic E-state index is 12.7. The number of amides is 1. The van der Waals surface area contributed by atoms with Gasteiger partial charge in [0, 0.05) is 31.6 Å². The van der Waals surface area contributed by atoms with Gasteiger partial charge in [-0.25, -0.2) is 9.97 Å². The fraction of sp³-hybridized carbons (Fsp3) is 0.367. The number of aryl methyl sites for hydroxylation is 1. The number of aromatic nitrogens is 3. The molecule has 230 valence electrons. The summed E-state index contributed by atoms with van der Waals surface area (Å²) in [7, 11) is 1.37. The van der Waals surface area contributed by atoms with E-state index in [4.69, 9.17) is 55.0 Å². The molecule has 0 atom stereocenters. The summed E-state index contributed by atoms with van der Waals surface area (Å²) in [5.74, 6) is 0.460. The number of hydrogen-bond acceptors (Lipinski definition) is 8. The van der Waals surface area contributed by atoms with Crippen LogP contribution in [0.2, 0.25) is 0 Å². The Morgan fingerprint density at radius 1 is 1.02 bits per heavy atom. The van der Waals surface area contributed by atoms with E-state index in [0.717, 1.165) is 33.4 Å². The number of alkyl halides is 2. The first kappa shape index (κ1) is 34.1. The van der Waals surface area contributed by atoms with Crippen molar-refractivity contribution in [2.24, 2.45) is 0 Å². The van der Waals surface area contributed by atoms with Crippen LogP contribution < -0.4 is 5.73 Å². The van der Waals surface area contributed by atoms with E-state index in [9.17, 15) is 14.4 Å². The van der Waals surface area contributed by atoms with Crippen molar-refractivity contribution in [2.45, 2.75) is 39.5 Å². The van der Waals surface area contributed by atoms with Gasteiger partial charge in [-0.1, -0.05) is 42.5 Å². The third-order valence-electron chi connectivity index (χ3n) is 6.45. The SMILES string of the molecule is CCOCc1nc2c(N)nc3ccccc3c2n1CCCN(Cc1cccc(CC(=O)OC)c1)C(=O)CCl.O=C(Cl)CCl.